The zero-order chi connectivity index (χ0) is 21.8. The van der Waals surface area contributed by atoms with E-state index in [-0.39, 0.29) is 13.1 Å². The van der Waals surface area contributed by atoms with Crippen molar-refractivity contribution in [3.63, 3.8) is 0 Å². The van der Waals surface area contributed by atoms with Gasteiger partial charge in [-0.25, -0.2) is 8.42 Å². The summed E-state index contributed by atoms with van der Waals surface area (Å²) in [5, 5.41) is 0. The third-order valence-corrected chi connectivity index (χ3v) is 5.80. The van der Waals surface area contributed by atoms with Crippen LogP contribution < -0.4 is 9.46 Å². The van der Waals surface area contributed by atoms with Crippen molar-refractivity contribution >= 4 is 15.9 Å². The highest BCUT2D eigenvalue weighted by atomic mass is 32.2. The molecule has 1 N–H and O–H groups in total. The number of benzene rings is 2. The quantitative estimate of drug-likeness (QED) is 0.740. The molecule has 3 rings (SSSR count). The molecule has 0 saturated carbocycles. The standard InChI is InChI=1S/C19H19F3N2O5S/c20-19(21,22)29-15-8-4-5-9-16(15)30(26,27)23-17(14-6-2-1-3-7-14)18(25)24-10-12-28-13-11-24/h1-9,17,23H,10-13H2. The van der Waals surface area contributed by atoms with Gasteiger partial charge in [-0.15, -0.1) is 13.2 Å². The molecule has 162 valence electrons. The first-order chi connectivity index (χ1) is 14.2. The van der Waals surface area contributed by atoms with Crippen LogP contribution in [0.3, 0.4) is 0 Å². The number of nitrogens with one attached hydrogen (secondary N) is 1. The van der Waals surface area contributed by atoms with Gasteiger partial charge in [0.25, 0.3) is 0 Å². The second-order valence-electron chi connectivity index (χ2n) is 6.40. The fourth-order valence-corrected chi connectivity index (χ4v) is 4.28. The van der Waals surface area contributed by atoms with Crippen molar-refractivity contribution in [1.29, 1.82) is 0 Å². The normalized spacial score (nSPS) is 16.2. The Labute approximate surface area is 171 Å². The summed E-state index contributed by atoms with van der Waals surface area (Å²) < 4.78 is 75.3. The predicted molar refractivity (Wildman–Crippen MR) is 100 cm³/mol. The SMILES string of the molecule is O=C(C(NS(=O)(=O)c1ccccc1OC(F)(F)F)c1ccccc1)N1CCOCC1. The first kappa shape index (κ1) is 22.1. The van der Waals surface area contributed by atoms with Crippen molar-refractivity contribution in [2.75, 3.05) is 26.3 Å². The van der Waals surface area contributed by atoms with E-state index in [1.807, 2.05) is 0 Å². The molecule has 1 atom stereocenters. The zero-order valence-corrected chi connectivity index (χ0v) is 16.4. The van der Waals surface area contributed by atoms with Crippen molar-refractivity contribution in [3.05, 3.63) is 60.2 Å². The van der Waals surface area contributed by atoms with Gasteiger partial charge in [0.2, 0.25) is 15.9 Å². The minimum Gasteiger partial charge on any atom is -0.404 e. The van der Waals surface area contributed by atoms with Crippen LogP contribution in [0, 0.1) is 0 Å². The number of carbonyl (C=O) groups is 1. The summed E-state index contributed by atoms with van der Waals surface area (Å²) in [7, 11) is -4.55. The molecule has 0 radical (unpaired) electrons. The lowest BCUT2D eigenvalue weighted by molar-refractivity contribution is -0.275. The van der Waals surface area contributed by atoms with E-state index < -0.39 is 39.0 Å². The number of ether oxygens (including phenoxy) is 2. The van der Waals surface area contributed by atoms with Crippen LogP contribution in [-0.2, 0) is 19.6 Å². The topological polar surface area (TPSA) is 84.9 Å². The van der Waals surface area contributed by atoms with Crippen LogP contribution in [0.1, 0.15) is 11.6 Å². The molecule has 0 aromatic heterocycles. The summed E-state index contributed by atoms with van der Waals surface area (Å²) in [4.78, 5) is 13.8. The molecule has 30 heavy (non-hydrogen) atoms. The van der Waals surface area contributed by atoms with E-state index in [0.717, 1.165) is 12.1 Å². The van der Waals surface area contributed by atoms with Crippen LogP contribution in [0.25, 0.3) is 0 Å². The average Bonchev–Trinajstić information content (AvgIpc) is 2.72. The van der Waals surface area contributed by atoms with E-state index in [2.05, 4.69) is 9.46 Å². The molecule has 1 amide bonds. The van der Waals surface area contributed by atoms with Gasteiger partial charge in [-0.2, -0.15) is 4.72 Å². The van der Waals surface area contributed by atoms with Crippen molar-refractivity contribution in [1.82, 2.24) is 9.62 Å². The number of carbonyl (C=O) groups excluding carboxylic acids is 1. The van der Waals surface area contributed by atoms with E-state index in [1.54, 1.807) is 30.3 Å². The molecular formula is C19H19F3N2O5S. The Hall–Kier alpha value is -2.63. The maximum absolute atomic E-state index is 13.1. The van der Waals surface area contributed by atoms with Crippen molar-refractivity contribution in [3.8, 4) is 5.75 Å². The Balaban J connectivity index is 1.95. The van der Waals surface area contributed by atoms with E-state index in [9.17, 15) is 26.4 Å². The molecule has 1 heterocycles. The number of hydrogen-bond donors (Lipinski definition) is 1. The van der Waals surface area contributed by atoms with Crippen LogP contribution >= 0.6 is 0 Å². The smallest absolute Gasteiger partial charge is 0.404 e. The van der Waals surface area contributed by atoms with Gasteiger partial charge < -0.3 is 14.4 Å². The van der Waals surface area contributed by atoms with Gasteiger partial charge >= 0.3 is 6.36 Å². The number of amides is 1. The maximum atomic E-state index is 13.1. The van der Waals surface area contributed by atoms with Gasteiger partial charge in [-0.1, -0.05) is 42.5 Å². The molecule has 2 aromatic carbocycles. The zero-order valence-electron chi connectivity index (χ0n) is 15.6. The number of nitrogens with zero attached hydrogens (tertiary/aromatic N) is 1. The number of sulfonamides is 1. The lowest BCUT2D eigenvalue weighted by Crippen LogP contribution is -2.47. The summed E-state index contributed by atoms with van der Waals surface area (Å²) in [6, 6.07) is 11.1. The van der Waals surface area contributed by atoms with E-state index in [1.165, 1.54) is 17.0 Å². The fraction of sp³-hybridized carbons (Fsp3) is 0.316. The summed E-state index contributed by atoms with van der Waals surface area (Å²) in [5.74, 6) is -1.41. The lowest BCUT2D eigenvalue weighted by Gasteiger charge is -2.31. The number of para-hydroxylation sites is 1. The molecule has 2 aromatic rings. The summed E-state index contributed by atoms with van der Waals surface area (Å²) in [5.41, 5.74) is 0.354. The summed E-state index contributed by atoms with van der Waals surface area (Å²) >= 11 is 0. The van der Waals surface area contributed by atoms with Crippen LogP contribution in [0.4, 0.5) is 13.2 Å². The maximum Gasteiger partial charge on any atom is 0.573 e. The van der Waals surface area contributed by atoms with Gasteiger partial charge in [0.05, 0.1) is 13.2 Å². The first-order valence-corrected chi connectivity index (χ1v) is 10.4. The fourth-order valence-electron chi connectivity index (χ4n) is 2.97. The average molecular weight is 444 g/mol. The highest BCUT2D eigenvalue weighted by Crippen LogP contribution is 2.30. The van der Waals surface area contributed by atoms with E-state index >= 15 is 0 Å². The lowest BCUT2D eigenvalue weighted by atomic mass is 10.1. The second-order valence-corrected chi connectivity index (χ2v) is 8.08. The Bertz CT molecular complexity index is 977. The molecule has 1 fully saturated rings. The number of alkyl halides is 3. The first-order valence-electron chi connectivity index (χ1n) is 8.96. The van der Waals surface area contributed by atoms with Crippen LogP contribution in [0.15, 0.2) is 59.5 Å². The molecule has 0 spiro atoms. The van der Waals surface area contributed by atoms with Gasteiger partial charge in [-0.05, 0) is 17.7 Å². The van der Waals surface area contributed by atoms with Gasteiger partial charge in [0.15, 0.2) is 0 Å². The van der Waals surface area contributed by atoms with Gasteiger partial charge in [0, 0.05) is 13.1 Å². The second kappa shape index (κ2) is 9.02. The molecule has 11 heteroatoms. The summed E-state index contributed by atoms with van der Waals surface area (Å²) in [6.07, 6.45) is -5.08. The molecule has 7 nitrogen and oxygen atoms in total. The van der Waals surface area contributed by atoms with Crippen LogP contribution in [0.2, 0.25) is 0 Å². The van der Waals surface area contributed by atoms with Crippen LogP contribution in [-0.4, -0.2) is 51.9 Å². The van der Waals surface area contributed by atoms with Gasteiger partial charge in [-0.3, -0.25) is 4.79 Å². The molecule has 1 aliphatic rings. The van der Waals surface area contributed by atoms with Crippen molar-refractivity contribution in [2.45, 2.75) is 17.3 Å². The molecular weight excluding hydrogens is 425 g/mol. The number of halogens is 3. The minimum absolute atomic E-state index is 0.275. The summed E-state index contributed by atoms with van der Waals surface area (Å²) in [6.45, 7) is 1.17. The molecule has 1 aliphatic heterocycles. The predicted octanol–water partition coefficient (Wildman–Crippen LogP) is 2.46. The Morgan fingerprint density at radius 1 is 1.03 bits per heavy atom. The third kappa shape index (κ3) is 5.49. The largest absolute Gasteiger partial charge is 0.573 e. The molecule has 0 aliphatic carbocycles. The molecule has 1 unspecified atom stereocenters. The highest BCUT2D eigenvalue weighted by Gasteiger charge is 2.36. The van der Waals surface area contributed by atoms with Crippen LogP contribution in [0.5, 0.6) is 5.75 Å². The van der Waals surface area contributed by atoms with Crippen molar-refractivity contribution < 1.29 is 35.9 Å². The number of hydrogen-bond acceptors (Lipinski definition) is 5. The van der Waals surface area contributed by atoms with Gasteiger partial charge in [0.1, 0.15) is 16.7 Å². The van der Waals surface area contributed by atoms with E-state index in [4.69, 9.17) is 4.74 Å². The van der Waals surface area contributed by atoms with Crippen molar-refractivity contribution in [2.24, 2.45) is 0 Å². The molecule has 0 bridgehead atoms. The number of morpholine rings is 1. The minimum atomic E-state index is -5.08. The Morgan fingerprint density at radius 3 is 2.27 bits per heavy atom. The third-order valence-electron chi connectivity index (χ3n) is 4.34. The Kier molecular flexibility index (Phi) is 6.64. The number of rotatable bonds is 6. The molecule has 1 saturated heterocycles. The monoisotopic (exact) mass is 444 g/mol. The Morgan fingerprint density at radius 2 is 1.63 bits per heavy atom. The highest BCUT2D eigenvalue weighted by molar-refractivity contribution is 7.89. The van der Waals surface area contributed by atoms with E-state index in [0.29, 0.717) is 18.8 Å².